The van der Waals surface area contributed by atoms with Crippen LogP contribution in [-0.2, 0) is 0 Å². The Hall–Kier alpha value is -3.28. The highest BCUT2D eigenvalue weighted by molar-refractivity contribution is 5.58. The van der Waals surface area contributed by atoms with Crippen LogP contribution >= 0.6 is 0 Å². The van der Waals surface area contributed by atoms with Crippen LogP contribution in [0.2, 0.25) is 0 Å². The van der Waals surface area contributed by atoms with E-state index >= 15 is 0 Å². The summed E-state index contributed by atoms with van der Waals surface area (Å²) in [5, 5.41) is 8.32. The fourth-order valence-corrected chi connectivity index (χ4v) is 2.49. The number of benzene rings is 2. The molecular weight excluding hydrogens is 290 g/mol. The number of aromatic nitrogens is 2. The van der Waals surface area contributed by atoms with Crippen molar-refractivity contribution in [1.82, 2.24) is 9.97 Å². The topological polar surface area (TPSA) is 85.8 Å². The van der Waals surface area contributed by atoms with Crippen LogP contribution in [0.5, 0.6) is 11.5 Å². The summed E-state index contributed by atoms with van der Waals surface area (Å²) in [6, 6.07) is 17.1. The van der Waals surface area contributed by atoms with Gasteiger partial charge in [0.15, 0.2) is 5.82 Å². The second-order valence-electron chi connectivity index (χ2n) is 5.10. The Morgan fingerprint density at radius 1 is 0.870 bits per heavy atom. The number of nitrogens with two attached hydrogens (primary N) is 1. The summed E-state index contributed by atoms with van der Waals surface area (Å²) in [7, 11) is 0. The number of fused-ring (bicyclic) bond motifs is 1. The molecule has 1 aliphatic heterocycles. The number of rotatable bonds is 3. The van der Waals surface area contributed by atoms with E-state index < -0.39 is 0 Å². The molecule has 0 saturated heterocycles. The van der Waals surface area contributed by atoms with E-state index in [1.807, 2.05) is 54.6 Å². The Kier molecular flexibility index (Phi) is 3.20. The molecule has 0 bridgehead atoms. The molecule has 0 fully saturated rings. The van der Waals surface area contributed by atoms with Gasteiger partial charge < -0.3 is 10.5 Å². The van der Waals surface area contributed by atoms with Crippen LogP contribution < -0.4 is 10.5 Å². The third-order valence-corrected chi connectivity index (χ3v) is 3.61. The molecule has 0 radical (unpaired) electrons. The number of nitrogen functional groups attached to an aromatic ring is 1. The number of ether oxygens (including phenoxy) is 1. The Bertz CT molecular complexity index is 862. The van der Waals surface area contributed by atoms with Crippen molar-refractivity contribution in [2.45, 2.75) is 6.04 Å². The third kappa shape index (κ3) is 2.50. The molecule has 6 heteroatoms. The fraction of sp³-hybridized carbons (Fsp3) is 0.0588. The number of anilines is 1. The van der Waals surface area contributed by atoms with E-state index in [2.05, 4.69) is 20.2 Å². The van der Waals surface area contributed by atoms with Crippen LogP contribution in [0.1, 0.15) is 17.2 Å². The normalized spacial score (nSPS) is 15.4. The van der Waals surface area contributed by atoms with E-state index in [4.69, 9.17) is 10.5 Å². The van der Waals surface area contributed by atoms with E-state index in [9.17, 15) is 0 Å². The van der Waals surface area contributed by atoms with Crippen molar-refractivity contribution in [3.8, 4) is 11.5 Å². The molecule has 1 aromatic heterocycles. The Balaban J connectivity index is 1.60. The van der Waals surface area contributed by atoms with Gasteiger partial charge in [0.1, 0.15) is 29.7 Å². The van der Waals surface area contributed by atoms with Crippen molar-refractivity contribution >= 4 is 11.6 Å². The predicted octanol–water partition coefficient (Wildman–Crippen LogP) is 4.04. The van der Waals surface area contributed by atoms with Crippen molar-refractivity contribution in [3.05, 3.63) is 72.1 Å². The summed E-state index contributed by atoms with van der Waals surface area (Å²) >= 11 is 0. The lowest BCUT2D eigenvalue weighted by molar-refractivity contribution is 0.482. The fourth-order valence-electron chi connectivity index (χ4n) is 2.49. The molecule has 0 spiro atoms. The van der Waals surface area contributed by atoms with E-state index in [0.29, 0.717) is 11.6 Å². The standard InChI is InChI=1S/C17H13N5O/c18-16-14-15(21-22-17(14)20-10-19-16)11-6-8-13(9-7-11)23-12-4-2-1-3-5-12/h1-10,15H,(H2,18,19,20). The first-order chi connectivity index (χ1) is 11.3. The van der Waals surface area contributed by atoms with E-state index in [-0.39, 0.29) is 6.04 Å². The molecular formula is C17H13N5O. The molecule has 1 unspecified atom stereocenters. The molecule has 112 valence electrons. The molecule has 2 N–H and O–H groups in total. The third-order valence-electron chi connectivity index (χ3n) is 3.61. The molecule has 1 aliphatic rings. The predicted molar refractivity (Wildman–Crippen MR) is 85.8 cm³/mol. The highest BCUT2D eigenvalue weighted by Crippen LogP contribution is 2.41. The van der Waals surface area contributed by atoms with Gasteiger partial charge in [0.2, 0.25) is 0 Å². The van der Waals surface area contributed by atoms with E-state index in [1.54, 1.807) is 0 Å². The molecule has 0 saturated carbocycles. The summed E-state index contributed by atoms with van der Waals surface area (Å²) in [6.07, 6.45) is 1.40. The monoisotopic (exact) mass is 303 g/mol. The smallest absolute Gasteiger partial charge is 0.185 e. The van der Waals surface area contributed by atoms with Crippen molar-refractivity contribution in [2.75, 3.05) is 5.73 Å². The van der Waals surface area contributed by atoms with Gasteiger partial charge in [0.25, 0.3) is 0 Å². The molecule has 2 aromatic carbocycles. The number of nitrogens with zero attached hydrogens (tertiary/aromatic N) is 4. The molecule has 4 rings (SSSR count). The quantitative estimate of drug-likeness (QED) is 0.791. The number of para-hydroxylation sites is 1. The first-order valence-electron chi connectivity index (χ1n) is 7.15. The van der Waals surface area contributed by atoms with Gasteiger partial charge in [0.05, 0.1) is 5.56 Å². The summed E-state index contributed by atoms with van der Waals surface area (Å²) in [4.78, 5) is 8.11. The zero-order valence-corrected chi connectivity index (χ0v) is 12.1. The summed E-state index contributed by atoms with van der Waals surface area (Å²) in [5.74, 6) is 2.50. The minimum atomic E-state index is -0.267. The molecule has 1 atom stereocenters. The zero-order valence-electron chi connectivity index (χ0n) is 12.1. The average molecular weight is 303 g/mol. The second-order valence-corrected chi connectivity index (χ2v) is 5.10. The van der Waals surface area contributed by atoms with E-state index in [1.165, 1.54) is 6.33 Å². The maximum absolute atomic E-state index is 5.94. The van der Waals surface area contributed by atoms with Gasteiger partial charge >= 0.3 is 0 Å². The van der Waals surface area contributed by atoms with Gasteiger partial charge in [-0.1, -0.05) is 30.3 Å². The van der Waals surface area contributed by atoms with Gasteiger partial charge in [-0.25, -0.2) is 9.97 Å². The highest BCUT2D eigenvalue weighted by Gasteiger charge is 2.26. The van der Waals surface area contributed by atoms with Crippen LogP contribution in [0.3, 0.4) is 0 Å². The largest absolute Gasteiger partial charge is 0.457 e. The molecule has 2 heterocycles. The van der Waals surface area contributed by atoms with Crippen LogP contribution in [0.4, 0.5) is 11.6 Å². The second kappa shape index (κ2) is 5.49. The lowest BCUT2D eigenvalue weighted by Gasteiger charge is -2.11. The maximum Gasteiger partial charge on any atom is 0.185 e. The van der Waals surface area contributed by atoms with Crippen LogP contribution in [0.15, 0.2) is 71.2 Å². The lowest BCUT2D eigenvalue weighted by atomic mass is 10.0. The molecule has 6 nitrogen and oxygen atoms in total. The van der Waals surface area contributed by atoms with Crippen molar-refractivity contribution in [3.63, 3.8) is 0 Å². The zero-order chi connectivity index (χ0) is 15.6. The summed E-state index contributed by atoms with van der Waals surface area (Å²) in [6.45, 7) is 0. The Labute approximate surface area is 132 Å². The van der Waals surface area contributed by atoms with Gasteiger partial charge in [-0.3, -0.25) is 0 Å². The highest BCUT2D eigenvalue weighted by atomic mass is 16.5. The minimum Gasteiger partial charge on any atom is -0.457 e. The van der Waals surface area contributed by atoms with Crippen LogP contribution in [0.25, 0.3) is 0 Å². The lowest BCUT2D eigenvalue weighted by Crippen LogP contribution is -2.02. The maximum atomic E-state index is 5.94. The molecule has 23 heavy (non-hydrogen) atoms. The van der Waals surface area contributed by atoms with E-state index in [0.717, 1.165) is 22.6 Å². The summed E-state index contributed by atoms with van der Waals surface area (Å²) < 4.78 is 5.79. The first-order valence-corrected chi connectivity index (χ1v) is 7.15. The number of hydrogen-bond acceptors (Lipinski definition) is 6. The van der Waals surface area contributed by atoms with Crippen LogP contribution in [-0.4, -0.2) is 9.97 Å². The van der Waals surface area contributed by atoms with Gasteiger partial charge in [0, 0.05) is 0 Å². The SMILES string of the molecule is Nc1ncnc2c1C(c1ccc(Oc3ccccc3)cc1)N=N2. The summed E-state index contributed by atoms with van der Waals surface area (Å²) in [5.41, 5.74) is 7.66. The van der Waals surface area contributed by atoms with Crippen molar-refractivity contribution in [1.29, 1.82) is 0 Å². The number of azo groups is 1. The molecule has 0 amide bonds. The number of hydrogen-bond donors (Lipinski definition) is 1. The van der Waals surface area contributed by atoms with Gasteiger partial charge in [-0.2, -0.15) is 5.11 Å². The van der Waals surface area contributed by atoms with Crippen molar-refractivity contribution in [2.24, 2.45) is 10.2 Å². The molecule has 0 aliphatic carbocycles. The van der Waals surface area contributed by atoms with Crippen LogP contribution in [0, 0.1) is 0 Å². The van der Waals surface area contributed by atoms with Gasteiger partial charge in [-0.05, 0) is 29.8 Å². The average Bonchev–Trinajstić information content (AvgIpc) is 3.02. The Morgan fingerprint density at radius 2 is 1.61 bits per heavy atom. The minimum absolute atomic E-state index is 0.267. The van der Waals surface area contributed by atoms with Crippen molar-refractivity contribution < 1.29 is 4.74 Å². The van der Waals surface area contributed by atoms with Gasteiger partial charge in [-0.15, -0.1) is 5.11 Å². The Morgan fingerprint density at radius 3 is 2.39 bits per heavy atom. The first kappa shape index (κ1) is 13.4. The molecule has 3 aromatic rings.